The molecule has 25 heavy (non-hydrogen) atoms. The lowest BCUT2D eigenvalue weighted by Gasteiger charge is -2.27. The number of aromatic nitrogens is 2. The van der Waals surface area contributed by atoms with Crippen LogP contribution in [0, 0.1) is 4.77 Å². The number of hydrogen-bond acceptors (Lipinski definition) is 4. The fourth-order valence-electron chi connectivity index (χ4n) is 3.50. The van der Waals surface area contributed by atoms with E-state index in [9.17, 15) is 9.90 Å². The summed E-state index contributed by atoms with van der Waals surface area (Å²) in [4.78, 5) is 15.3. The number of hydrogen-bond donors (Lipinski definition) is 3. The van der Waals surface area contributed by atoms with Crippen LogP contribution in [0.3, 0.4) is 0 Å². The van der Waals surface area contributed by atoms with E-state index in [1.165, 1.54) is 5.56 Å². The molecule has 0 spiro atoms. The molecule has 1 aromatic carbocycles. The fraction of sp³-hybridized carbons (Fsp3) is 0.474. The zero-order valence-electron chi connectivity index (χ0n) is 14.5. The fourth-order valence-corrected chi connectivity index (χ4v) is 3.77. The Bertz CT molecular complexity index is 856. The molecule has 2 heterocycles. The van der Waals surface area contributed by atoms with E-state index >= 15 is 0 Å². The maximum Gasteiger partial charge on any atom is 0.260 e. The van der Waals surface area contributed by atoms with Crippen molar-refractivity contribution in [3.05, 3.63) is 56.1 Å². The van der Waals surface area contributed by atoms with Crippen molar-refractivity contribution in [3.63, 3.8) is 0 Å². The van der Waals surface area contributed by atoms with Crippen molar-refractivity contribution in [2.45, 2.75) is 51.6 Å². The molecular weight excluding hydrogens is 334 g/mol. The zero-order valence-corrected chi connectivity index (χ0v) is 15.4. The van der Waals surface area contributed by atoms with E-state index in [0.29, 0.717) is 12.1 Å². The number of nitrogens with zero attached hydrogens (tertiary/aromatic N) is 1. The Balaban J connectivity index is 2.00. The topological polar surface area (TPSA) is 70.0 Å². The molecule has 1 aliphatic rings. The molecule has 0 unspecified atom stereocenters. The summed E-state index contributed by atoms with van der Waals surface area (Å²) < 4.78 is 1.94. The minimum atomic E-state index is -0.318. The number of aromatic amines is 1. The number of unbranched alkanes of at least 4 members (excludes halogenated alkanes) is 3. The number of fused-ring (bicyclic) bond motifs is 1. The van der Waals surface area contributed by atoms with Crippen molar-refractivity contribution in [3.8, 4) is 5.88 Å². The number of aromatic hydroxyl groups is 1. The molecule has 2 aromatic rings. The van der Waals surface area contributed by atoms with Gasteiger partial charge in [0, 0.05) is 13.1 Å². The highest BCUT2D eigenvalue weighted by molar-refractivity contribution is 7.71. The molecule has 3 rings (SSSR count). The quantitative estimate of drug-likeness (QED) is 0.546. The Morgan fingerprint density at radius 1 is 1.28 bits per heavy atom. The first-order chi connectivity index (χ1) is 12.1. The van der Waals surface area contributed by atoms with Gasteiger partial charge in [0.2, 0.25) is 5.88 Å². The Hall–Kier alpha value is -1.92. The van der Waals surface area contributed by atoms with Crippen LogP contribution in [0.4, 0.5) is 0 Å². The van der Waals surface area contributed by atoms with Gasteiger partial charge in [0.25, 0.3) is 5.56 Å². The smallest absolute Gasteiger partial charge is 0.260 e. The van der Waals surface area contributed by atoms with Crippen molar-refractivity contribution < 1.29 is 5.11 Å². The molecule has 1 atom stereocenters. The van der Waals surface area contributed by atoms with Gasteiger partial charge in [-0.15, -0.1) is 0 Å². The largest absolute Gasteiger partial charge is 0.494 e. The summed E-state index contributed by atoms with van der Waals surface area (Å²) in [6.45, 7) is 3.54. The van der Waals surface area contributed by atoms with Crippen LogP contribution in [0.2, 0.25) is 0 Å². The molecule has 0 aliphatic carbocycles. The summed E-state index contributed by atoms with van der Waals surface area (Å²) in [5, 5.41) is 14.2. The van der Waals surface area contributed by atoms with E-state index in [2.05, 4.69) is 23.3 Å². The Labute approximate surface area is 152 Å². The average molecular weight is 359 g/mol. The molecule has 6 heteroatoms. The number of H-pyrrole nitrogens is 1. The summed E-state index contributed by atoms with van der Waals surface area (Å²) in [6.07, 6.45) is 5.23. The first-order valence-electron chi connectivity index (χ1n) is 9.00. The zero-order chi connectivity index (χ0) is 17.8. The minimum Gasteiger partial charge on any atom is -0.494 e. The molecule has 3 N–H and O–H groups in total. The third-order valence-corrected chi connectivity index (χ3v) is 5.16. The maximum absolute atomic E-state index is 12.6. The Morgan fingerprint density at radius 3 is 2.88 bits per heavy atom. The van der Waals surface area contributed by atoms with E-state index in [0.717, 1.165) is 44.2 Å². The van der Waals surface area contributed by atoms with E-state index in [1.807, 2.05) is 18.2 Å². The molecular formula is C19H25N3O2S. The monoisotopic (exact) mass is 359 g/mol. The molecule has 134 valence electrons. The summed E-state index contributed by atoms with van der Waals surface area (Å²) in [7, 11) is 0. The number of nitrogens with one attached hydrogen (secondary N) is 2. The Morgan fingerprint density at radius 2 is 2.08 bits per heavy atom. The minimum absolute atomic E-state index is 0.0144. The lowest BCUT2D eigenvalue weighted by Crippen LogP contribution is -2.35. The molecule has 1 aromatic heterocycles. The second kappa shape index (κ2) is 7.97. The van der Waals surface area contributed by atoms with Crippen molar-refractivity contribution in [2.75, 3.05) is 6.54 Å². The second-order valence-corrected chi connectivity index (χ2v) is 6.93. The predicted molar refractivity (Wildman–Crippen MR) is 102 cm³/mol. The lowest BCUT2D eigenvalue weighted by molar-refractivity contribution is 0.381. The van der Waals surface area contributed by atoms with Crippen LogP contribution in [0.5, 0.6) is 5.88 Å². The van der Waals surface area contributed by atoms with Gasteiger partial charge in [-0.25, -0.2) is 0 Å². The Kier molecular flexibility index (Phi) is 5.71. The molecule has 0 saturated heterocycles. The standard InChI is InChI=1S/C19H25N3O2S/c1-2-3-4-7-12-22-18(24)15(17(23)21-19(22)25)16-14-9-6-5-8-13(14)10-11-20-16/h5-6,8-9,16,20,24H,2-4,7,10-12H2,1H3,(H,21,23,25)/t16-/m1/s1. The number of rotatable bonds is 6. The normalized spacial score (nSPS) is 16.6. The van der Waals surface area contributed by atoms with Gasteiger partial charge in [-0.3, -0.25) is 14.3 Å². The SMILES string of the molecule is CCCCCCn1c(O)c([C@@H]2NCCc3ccccc32)c(=O)[nH]c1=S. The third kappa shape index (κ3) is 3.70. The summed E-state index contributed by atoms with van der Waals surface area (Å²) in [6, 6.07) is 7.74. The highest BCUT2D eigenvalue weighted by Gasteiger charge is 2.27. The first kappa shape index (κ1) is 17.9. The average Bonchev–Trinajstić information content (AvgIpc) is 2.61. The molecule has 0 fully saturated rings. The van der Waals surface area contributed by atoms with Crippen LogP contribution >= 0.6 is 12.2 Å². The number of benzene rings is 1. The third-order valence-electron chi connectivity index (χ3n) is 4.84. The van der Waals surface area contributed by atoms with E-state index in [4.69, 9.17) is 12.2 Å². The van der Waals surface area contributed by atoms with Gasteiger partial charge in [0.05, 0.1) is 11.6 Å². The molecule has 0 saturated carbocycles. The van der Waals surface area contributed by atoms with Crippen LogP contribution in [-0.2, 0) is 13.0 Å². The van der Waals surface area contributed by atoms with Gasteiger partial charge in [-0.2, -0.15) is 0 Å². The van der Waals surface area contributed by atoms with Gasteiger partial charge < -0.3 is 10.4 Å². The molecule has 5 nitrogen and oxygen atoms in total. The van der Waals surface area contributed by atoms with E-state index in [-0.39, 0.29) is 22.3 Å². The molecule has 0 bridgehead atoms. The highest BCUT2D eigenvalue weighted by atomic mass is 32.1. The molecule has 1 aliphatic heterocycles. The van der Waals surface area contributed by atoms with Crippen LogP contribution in [0.1, 0.15) is 55.3 Å². The van der Waals surface area contributed by atoms with Crippen molar-refractivity contribution in [1.82, 2.24) is 14.9 Å². The van der Waals surface area contributed by atoms with Gasteiger partial charge >= 0.3 is 0 Å². The van der Waals surface area contributed by atoms with Gasteiger partial charge in [0.1, 0.15) is 0 Å². The maximum atomic E-state index is 12.6. The summed E-state index contributed by atoms with van der Waals surface area (Å²) in [5.74, 6) is -0.0144. The van der Waals surface area contributed by atoms with Crippen molar-refractivity contribution >= 4 is 12.2 Å². The molecule has 0 radical (unpaired) electrons. The van der Waals surface area contributed by atoms with Crippen LogP contribution in [-0.4, -0.2) is 21.2 Å². The van der Waals surface area contributed by atoms with Crippen LogP contribution in [0.25, 0.3) is 0 Å². The highest BCUT2D eigenvalue weighted by Crippen LogP contribution is 2.31. The van der Waals surface area contributed by atoms with Gasteiger partial charge in [-0.1, -0.05) is 50.5 Å². The lowest BCUT2D eigenvalue weighted by atomic mass is 9.91. The second-order valence-electron chi connectivity index (χ2n) is 6.54. The predicted octanol–water partition coefficient (Wildman–Crippen LogP) is 3.43. The van der Waals surface area contributed by atoms with Gasteiger partial charge in [-0.05, 0) is 36.2 Å². The molecule has 0 amide bonds. The first-order valence-corrected chi connectivity index (χ1v) is 9.41. The van der Waals surface area contributed by atoms with Crippen molar-refractivity contribution in [1.29, 1.82) is 0 Å². The van der Waals surface area contributed by atoms with Crippen LogP contribution < -0.4 is 10.9 Å². The van der Waals surface area contributed by atoms with Gasteiger partial charge in [0.15, 0.2) is 4.77 Å². The van der Waals surface area contributed by atoms with E-state index in [1.54, 1.807) is 4.57 Å². The van der Waals surface area contributed by atoms with Crippen molar-refractivity contribution in [2.24, 2.45) is 0 Å². The summed E-state index contributed by atoms with van der Waals surface area (Å²) in [5.41, 5.74) is 2.30. The van der Waals surface area contributed by atoms with Crippen LogP contribution in [0.15, 0.2) is 29.1 Å². The van der Waals surface area contributed by atoms with E-state index < -0.39 is 0 Å². The summed E-state index contributed by atoms with van der Waals surface area (Å²) >= 11 is 5.27.